The molecule has 2 aromatic carbocycles. The minimum absolute atomic E-state index is 0.0968. The van der Waals surface area contributed by atoms with Gasteiger partial charge in [-0.25, -0.2) is 0 Å². The highest BCUT2D eigenvalue weighted by Gasteiger charge is 2.35. The van der Waals surface area contributed by atoms with Crippen molar-refractivity contribution < 1.29 is 18.3 Å². The molecule has 29 heavy (non-hydrogen) atoms. The minimum Gasteiger partial charge on any atom is -0.491 e. The molecule has 0 aliphatic heterocycles. The Labute approximate surface area is 180 Å². The third-order valence-corrected chi connectivity index (χ3v) is 7.22. The fraction of sp³-hybridized carbons (Fsp3) is 0.364. The zero-order valence-electron chi connectivity index (χ0n) is 17.4. The standard InChI is InChI=1S/C22H27BrNO4P/c1-6-26-29(25,27-7-2)22-16(5)20-14-17(23)8-13-21(20)24(22)18-9-11-19(12-10-18)28-15(3)4/h8-15H,6-7H2,1-5H3. The second-order valence-electron chi connectivity index (χ2n) is 6.94. The molecule has 0 saturated heterocycles. The Morgan fingerprint density at radius 3 is 2.21 bits per heavy atom. The van der Waals surface area contributed by atoms with E-state index in [4.69, 9.17) is 13.8 Å². The Bertz CT molecular complexity index is 1030. The third-order valence-electron chi connectivity index (χ3n) is 4.47. The van der Waals surface area contributed by atoms with Gasteiger partial charge in [0, 0.05) is 15.5 Å². The smallest absolute Gasteiger partial charge is 0.378 e. The van der Waals surface area contributed by atoms with Crippen LogP contribution in [0.15, 0.2) is 46.9 Å². The molecule has 0 amide bonds. The number of benzene rings is 2. The van der Waals surface area contributed by atoms with Crippen molar-refractivity contribution >= 4 is 39.9 Å². The lowest BCUT2D eigenvalue weighted by Gasteiger charge is -2.21. The van der Waals surface area contributed by atoms with Crippen molar-refractivity contribution in [3.8, 4) is 11.4 Å². The van der Waals surface area contributed by atoms with Gasteiger partial charge >= 0.3 is 7.60 Å². The zero-order valence-corrected chi connectivity index (χ0v) is 19.9. The number of fused-ring (bicyclic) bond motifs is 1. The lowest BCUT2D eigenvalue weighted by atomic mass is 10.2. The number of rotatable bonds is 8. The van der Waals surface area contributed by atoms with Crippen LogP contribution in [0.3, 0.4) is 0 Å². The molecule has 0 unspecified atom stereocenters. The first-order chi connectivity index (χ1) is 13.8. The van der Waals surface area contributed by atoms with Crippen molar-refractivity contribution in [1.29, 1.82) is 0 Å². The summed E-state index contributed by atoms with van der Waals surface area (Å²) < 4.78 is 33.9. The Morgan fingerprint density at radius 2 is 1.66 bits per heavy atom. The maximum absolute atomic E-state index is 13.8. The number of ether oxygens (including phenoxy) is 1. The second kappa shape index (κ2) is 9.05. The summed E-state index contributed by atoms with van der Waals surface area (Å²) in [7, 11) is -3.52. The molecule has 0 bridgehead atoms. The van der Waals surface area contributed by atoms with Gasteiger partial charge in [0.25, 0.3) is 0 Å². The highest BCUT2D eigenvalue weighted by molar-refractivity contribution is 9.10. The van der Waals surface area contributed by atoms with Gasteiger partial charge in [0.05, 0.1) is 24.8 Å². The van der Waals surface area contributed by atoms with Crippen LogP contribution >= 0.6 is 23.5 Å². The summed E-state index contributed by atoms with van der Waals surface area (Å²) in [5.41, 5.74) is 3.26. The van der Waals surface area contributed by atoms with Crippen LogP contribution in [0.2, 0.25) is 0 Å². The molecular weight excluding hydrogens is 453 g/mol. The first-order valence-electron chi connectivity index (χ1n) is 9.78. The van der Waals surface area contributed by atoms with Crippen LogP contribution in [0.5, 0.6) is 5.75 Å². The van der Waals surface area contributed by atoms with Gasteiger partial charge in [-0.2, -0.15) is 0 Å². The largest absolute Gasteiger partial charge is 0.491 e. The van der Waals surface area contributed by atoms with E-state index >= 15 is 0 Å². The first kappa shape index (κ1) is 22.1. The van der Waals surface area contributed by atoms with Crippen LogP contribution in [0.25, 0.3) is 16.6 Å². The molecule has 0 atom stereocenters. The van der Waals surface area contributed by atoms with Gasteiger partial charge in [-0.1, -0.05) is 15.9 Å². The lowest BCUT2D eigenvalue weighted by Crippen LogP contribution is -2.21. The minimum atomic E-state index is -3.52. The van der Waals surface area contributed by atoms with Gasteiger partial charge in [-0.3, -0.25) is 4.57 Å². The fourth-order valence-electron chi connectivity index (χ4n) is 3.44. The SMILES string of the molecule is CCOP(=O)(OCC)c1c(C)c2cc(Br)ccc2n1-c1ccc(OC(C)C)cc1. The van der Waals surface area contributed by atoms with E-state index < -0.39 is 7.60 Å². The molecule has 1 aromatic heterocycles. The fourth-order valence-corrected chi connectivity index (χ4v) is 5.80. The maximum atomic E-state index is 13.8. The predicted molar refractivity (Wildman–Crippen MR) is 122 cm³/mol. The summed E-state index contributed by atoms with van der Waals surface area (Å²) in [4.78, 5) is 0. The number of aryl methyl sites for hydroxylation is 1. The normalized spacial score (nSPS) is 12.1. The Balaban J connectivity index is 2.28. The van der Waals surface area contributed by atoms with Crippen LogP contribution in [-0.2, 0) is 13.6 Å². The molecule has 0 N–H and O–H groups in total. The molecular formula is C22H27BrNO4P. The van der Waals surface area contributed by atoms with E-state index in [1.54, 1.807) is 0 Å². The molecule has 0 fully saturated rings. The molecule has 0 saturated carbocycles. The predicted octanol–water partition coefficient (Wildman–Crippen LogP) is 6.38. The maximum Gasteiger partial charge on any atom is 0.378 e. The number of aromatic nitrogens is 1. The summed E-state index contributed by atoms with van der Waals surface area (Å²) in [5, 5.41) is 0.997. The number of hydrogen-bond donors (Lipinski definition) is 0. The molecule has 7 heteroatoms. The van der Waals surface area contributed by atoms with E-state index in [0.29, 0.717) is 18.6 Å². The van der Waals surface area contributed by atoms with Crippen molar-refractivity contribution in [2.24, 2.45) is 0 Å². The van der Waals surface area contributed by atoms with Crippen LogP contribution in [0, 0.1) is 6.92 Å². The molecule has 0 aliphatic carbocycles. The van der Waals surface area contributed by atoms with Crippen LogP contribution in [0.1, 0.15) is 33.3 Å². The molecule has 0 aliphatic rings. The molecule has 0 spiro atoms. The van der Waals surface area contributed by atoms with Crippen LogP contribution < -0.4 is 10.2 Å². The van der Waals surface area contributed by atoms with E-state index in [0.717, 1.165) is 32.4 Å². The number of hydrogen-bond acceptors (Lipinski definition) is 4. The molecule has 3 rings (SSSR count). The van der Waals surface area contributed by atoms with Gasteiger partial charge in [-0.15, -0.1) is 0 Å². The van der Waals surface area contributed by atoms with Crippen LogP contribution in [-0.4, -0.2) is 23.9 Å². The zero-order chi connectivity index (χ0) is 21.2. The average Bonchev–Trinajstić information content (AvgIpc) is 2.95. The molecule has 3 aromatic rings. The van der Waals surface area contributed by atoms with Crippen molar-refractivity contribution in [2.45, 2.75) is 40.7 Å². The van der Waals surface area contributed by atoms with Crippen molar-refractivity contribution in [2.75, 3.05) is 13.2 Å². The van der Waals surface area contributed by atoms with Gasteiger partial charge in [0.15, 0.2) is 0 Å². The lowest BCUT2D eigenvalue weighted by molar-refractivity contribution is 0.229. The Morgan fingerprint density at radius 1 is 1.03 bits per heavy atom. The number of halogens is 1. The van der Waals surface area contributed by atoms with E-state index in [2.05, 4.69) is 15.9 Å². The first-order valence-corrected chi connectivity index (χ1v) is 12.1. The van der Waals surface area contributed by atoms with E-state index in [1.807, 2.05) is 81.7 Å². The molecule has 1 heterocycles. The van der Waals surface area contributed by atoms with Crippen molar-refractivity contribution in [3.05, 3.63) is 52.5 Å². The van der Waals surface area contributed by atoms with Crippen LogP contribution in [0.4, 0.5) is 0 Å². The summed E-state index contributed by atoms with van der Waals surface area (Å²) in [6, 6.07) is 13.8. The average molecular weight is 480 g/mol. The molecule has 0 radical (unpaired) electrons. The summed E-state index contributed by atoms with van der Waals surface area (Å²) >= 11 is 3.54. The molecule has 5 nitrogen and oxygen atoms in total. The highest BCUT2D eigenvalue weighted by atomic mass is 79.9. The van der Waals surface area contributed by atoms with E-state index in [9.17, 15) is 4.57 Å². The number of nitrogens with zero attached hydrogens (tertiary/aromatic N) is 1. The highest BCUT2D eigenvalue weighted by Crippen LogP contribution is 2.50. The second-order valence-corrected chi connectivity index (χ2v) is 9.79. The quantitative estimate of drug-likeness (QED) is 0.351. The van der Waals surface area contributed by atoms with Gasteiger partial charge in [0.1, 0.15) is 11.2 Å². The Hall–Kier alpha value is -1.59. The van der Waals surface area contributed by atoms with Crippen molar-refractivity contribution in [3.63, 3.8) is 0 Å². The van der Waals surface area contributed by atoms with Crippen molar-refractivity contribution in [1.82, 2.24) is 4.57 Å². The van der Waals surface area contributed by atoms with E-state index in [-0.39, 0.29) is 6.10 Å². The monoisotopic (exact) mass is 479 g/mol. The summed E-state index contributed by atoms with van der Waals surface area (Å²) in [6.45, 7) is 10.2. The molecule has 156 valence electrons. The Kier molecular flexibility index (Phi) is 6.90. The third kappa shape index (κ3) is 4.46. The van der Waals surface area contributed by atoms with E-state index in [1.165, 1.54) is 0 Å². The topological polar surface area (TPSA) is 49.7 Å². The van der Waals surface area contributed by atoms with Gasteiger partial charge in [0.2, 0.25) is 0 Å². The summed E-state index contributed by atoms with van der Waals surface area (Å²) in [6.07, 6.45) is 0.0968. The van der Waals surface area contributed by atoms with Gasteiger partial charge < -0.3 is 18.4 Å². The summed E-state index contributed by atoms with van der Waals surface area (Å²) in [5.74, 6) is 0.791. The van der Waals surface area contributed by atoms with Gasteiger partial charge in [-0.05, 0) is 82.6 Å².